The fourth-order valence-electron chi connectivity index (χ4n) is 5.27. The lowest BCUT2D eigenvalue weighted by Crippen LogP contribution is -2.53. The minimum atomic E-state index is -1.77. The summed E-state index contributed by atoms with van der Waals surface area (Å²) < 4.78 is 19.6. The van der Waals surface area contributed by atoms with E-state index < -0.39 is 28.6 Å². The number of amides is 2. The molecule has 0 radical (unpaired) electrons. The monoisotopic (exact) mass is 500 g/mol. The lowest BCUT2D eigenvalue weighted by molar-refractivity contribution is -0.126. The van der Waals surface area contributed by atoms with Crippen LogP contribution in [0.25, 0.3) is 11.0 Å². The predicted octanol–water partition coefficient (Wildman–Crippen LogP) is 5.02. The van der Waals surface area contributed by atoms with Crippen LogP contribution in [0.2, 0.25) is 5.02 Å². The second-order valence-corrected chi connectivity index (χ2v) is 9.16. The first-order valence-corrected chi connectivity index (χ1v) is 11.6. The van der Waals surface area contributed by atoms with Gasteiger partial charge in [0.1, 0.15) is 11.4 Å². The highest BCUT2D eigenvalue weighted by atomic mass is 35.5. The van der Waals surface area contributed by atoms with Crippen LogP contribution < -0.4 is 10.3 Å². The Hall–Kier alpha value is -4.23. The van der Waals surface area contributed by atoms with E-state index in [-0.39, 0.29) is 35.4 Å². The van der Waals surface area contributed by atoms with Crippen molar-refractivity contribution in [2.24, 2.45) is 0 Å². The van der Waals surface area contributed by atoms with Crippen molar-refractivity contribution in [1.82, 2.24) is 4.90 Å². The van der Waals surface area contributed by atoms with Gasteiger partial charge in [0.15, 0.2) is 11.0 Å². The van der Waals surface area contributed by atoms with E-state index in [0.29, 0.717) is 21.8 Å². The number of carbonyl (C=O) groups excluding carboxylic acids is 2. The van der Waals surface area contributed by atoms with Gasteiger partial charge < -0.3 is 14.2 Å². The maximum absolute atomic E-state index is 14.3. The summed E-state index contributed by atoms with van der Waals surface area (Å²) >= 11 is 6.17. The summed E-state index contributed by atoms with van der Waals surface area (Å²) in [6, 6.07) is 17.2. The fourth-order valence-corrected chi connectivity index (χ4v) is 5.44. The minimum absolute atomic E-state index is 0.0478. The first-order chi connectivity index (χ1) is 17.4. The molecule has 2 aliphatic rings. The normalized spacial score (nSPS) is 18.3. The minimum Gasteiger partial charge on any atom is -0.450 e. The van der Waals surface area contributed by atoms with Gasteiger partial charge in [0.05, 0.1) is 16.6 Å². The molecule has 0 N–H and O–H groups in total. The first kappa shape index (κ1) is 22.2. The lowest BCUT2D eigenvalue weighted by atomic mass is 9.83. The molecule has 6 rings (SSSR count). The summed E-state index contributed by atoms with van der Waals surface area (Å²) in [7, 11) is 0. The van der Waals surface area contributed by atoms with Crippen molar-refractivity contribution in [3.05, 3.63) is 123 Å². The molecular formula is C28H18ClFN2O4. The number of benzene rings is 3. The molecule has 1 spiro atoms. The zero-order valence-electron chi connectivity index (χ0n) is 18.8. The largest absolute Gasteiger partial charge is 0.450 e. The van der Waals surface area contributed by atoms with Crippen LogP contribution in [0.1, 0.15) is 27.2 Å². The van der Waals surface area contributed by atoms with Crippen molar-refractivity contribution in [2.75, 3.05) is 11.4 Å². The second kappa shape index (κ2) is 7.90. The second-order valence-electron chi connectivity index (χ2n) is 8.73. The van der Waals surface area contributed by atoms with Gasteiger partial charge in [-0.05, 0) is 42.0 Å². The molecule has 0 bridgehead atoms. The molecule has 178 valence electrons. The molecule has 0 saturated heterocycles. The van der Waals surface area contributed by atoms with Crippen molar-refractivity contribution < 1.29 is 18.4 Å². The fraction of sp³-hybridized carbons (Fsp3) is 0.107. The van der Waals surface area contributed by atoms with E-state index in [4.69, 9.17) is 16.0 Å². The predicted molar refractivity (Wildman–Crippen MR) is 134 cm³/mol. The van der Waals surface area contributed by atoms with E-state index in [1.165, 1.54) is 46.2 Å². The third-order valence-corrected chi connectivity index (χ3v) is 7.00. The Morgan fingerprint density at radius 3 is 2.53 bits per heavy atom. The number of hydrogen-bond acceptors (Lipinski definition) is 4. The van der Waals surface area contributed by atoms with Crippen molar-refractivity contribution in [3.63, 3.8) is 0 Å². The average Bonchev–Trinajstić information content (AvgIpc) is 3.26. The van der Waals surface area contributed by atoms with Gasteiger partial charge in [-0.2, -0.15) is 0 Å². The Morgan fingerprint density at radius 1 is 1.03 bits per heavy atom. The number of para-hydroxylation sites is 1. The number of nitrogens with zero attached hydrogens (tertiary/aromatic N) is 2. The van der Waals surface area contributed by atoms with Gasteiger partial charge in [0.2, 0.25) is 5.76 Å². The molecule has 0 fully saturated rings. The van der Waals surface area contributed by atoms with Crippen LogP contribution in [0.3, 0.4) is 0 Å². The van der Waals surface area contributed by atoms with Gasteiger partial charge in [0.25, 0.3) is 11.8 Å². The standard InChI is InChI=1S/C28H18ClFN2O4/c1-2-13-31-21-6-4-3-5-20(21)28(27(31)35)23-24(33)19-14-17(29)9-12-22(19)36-25(23)26(34)32(28)15-16-7-10-18(30)11-8-16/h2-12,14H,1,13,15H2/t28-/m0/s1. The summed E-state index contributed by atoms with van der Waals surface area (Å²) in [4.78, 5) is 45.1. The summed E-state index contributed by atoms with van der Waals surface area (Å²) in [5, 5.41) is 0.493. The first-order valence-electron chi connectivity index (χ1n) is 11.2. The van der Waals surface area contributed by atoms with Crippen LogP contribution >= 0.6 is 11.6 Å². The Balaban J connectivity index is 1.70. The van der Waals surface area contributed by atoms with Gasteiger partial charge >= 0.3 is 0 Å². The van der Waals surface area contributed by atoms with E-state index in [1.54, 1.807) is 36.4 Å². The maximum atomic E-state index is 14.3. The molecule has 36 heavy (non-hydrogen) atoms. The molecule has 1 atom stereocenters. The third kappa shape index (κ3) is 2.86. The average molecular weight is 501 g/mol. The van der Waals surface area contributed by atoms with E-state index in [9.17, 15) is 18.8 Å². The van der Waals surface area contributed by atoms with Crippen LogP contribution in [0.15, 0.2) is 88.6 Å². The number of carbonyl (C=O) groups is 2. The lowest BCUT2D eigenvalue weighted by Gasteiger charge is -2.34. The number of fused-ring (bicyclic) bond motifs is 5. The Labute approximate surface area is 209 Å². The molecule has 2 amide bonds. The SMILES string of the molecule is C=CCN1C(=O)[C@]2(c3ccccc31)c1c(oc3ccc(Cl)cc3c1=O)C(=O)N2Cc1ccc(F)cc1. The molecule has 3 heterocycles. The Morgan fingerprint density at radius 2 is 1.78 bits per heavy atom. The molecule has 3 aromatic carbocycles. The molecule has 1 aromatic heterocycles. The van der Waals surface area contributed by atoms with Gasteiger partial charge in [-0.3, -0.25) is 14.4 Å². The van der Waals surface area contributed by atoms with E-state index in [2.05, 4.69) is 6.58 Å². The number of hydrogen-bond donors (Lipinski definition) is 0. The van der Waals surface area contributed by atoms with E-state index >= 15 is 0 Å². The van der Waals surface area contributed by atoms with Crippen molar-refractivity contribution in [2.45, 2.75) is 12.1 Å². The van der Waals surface area contributed by atoms with Crippen LogP contribution in [0.4, 0.5) is 10.1 Å². The molecule has 0 unspecified atom stereocenters. The van der Waals surface area contributed by atoms with Gasteiger partial charge in [0, 0.05) is 23.7 Å². The molecule has 0 saturated carbocycles. The van der Waals surface area contributed by atoms with Gasteiger partial charge in [-0.25, -0.2) is 4.39 Å². The smallest absolute Gasteiger partial charge is 0.291 e. The van der Waals surface area contributed by atoms with E-state index in [1.807, 2.05) is 0 Å². The van der Waals surface area contributed by atoms with Crippen molar-refractivity contribution in [1.29, 1.82) is 0 Å². The summed E-state index contributed by atoms with van der Waals surface area (Å²) in [6.45, 7) is 3.89. The Bertz CT molecular complexity index is 1660. The molecule has 8 heteroatoms. The van der Waals surface area contributed by atoms with Crippen molar-refractivity contribution in [3.8, 4) is 0 Å². The summed E-state index contributed by atoms with van der Waals surface area (Å²) in [5.41, 5.74) is -0.489. The molecule has 4 aromatic rings. The number of rotatable bonds is 4. The van der Waals surface area contributed by atoms with Crippen LogP contribution in [-0.4, -0.2) is 23.3 Å². The molecule has 0 aliphatic carbocycles. The number of halogens is 2. The zero-order chi connectivity index (χ0) is 25.2. The summed E-state index contributed by atoms with van der Waals surface area (Å²) in [5.74, 6) is -1.69. The van der Waals surface area contributed by atoms with Crippen LogP contribution in [-0.2, 0) is 16.9 Å². The highest BCUT2D eigenvalue weighted by Crippen LogP contribution is 2.53. The third-order valence-electron chi connectivity index (χ3n) is 6.76. The van der Waals surface area contributed by atoms with Crippen LogP contribution in [0.5, 0.6) is 0 Å². The topological polar surface area (TPSA) is 70.8 Å². The van der Waals surface area contributed by atoms with Crippen LogP contribution in [0, 0.1) is 5.82 Å². The molecular weight excluding hydrogens is 483 g/mol. The molecule has 6 nitrogen and oxygen atoms in total. The van der Waals surface area contributed by atoms with Gasteiger partial charge in [-0.15, -0.1) is 6.58 Å². The van der Waals surface area contributed by atoms with Gasteiger partial charge in [-0.1, -0.05) is 48.0 Å². The highest BCUT2D eigenvalue weighted by molar-refractivity contribution is 6.31. The van der Waals surface area contributed by atoms with E-state index in [0.717, 1.165) is 0 Å². The summed E-state index contributed by atoms with van der Waals surface area (Å²) in [6.07, 6.45) is 1.58. The quantitative estimate of drug-likeness (QED) is 0.369. The zero-order valence-corrected chi connectivity index (χ0v) is 19.6. The maximum Gasteiger partial charge on any atom is 0.291 e. The highest BCUT2D eigenvalue weighted by Gasteiger charge is 2.64. The Kier molecular flexibility index (Phi) is 4.88. The van der Waals surface area contributed by atoms with Crippen molar-refractivity contribution >= 4 is 40.1 Å². The molecule has 2 aliphatic heterocycles. The number of anilines is 1.